The van der Waals surface area contributed by atoms with E-state index in [1.54, 1.807) is 0 Å². The van der Waals surface area contributed by atoms with Gasteiger partial charge in [0.25, 0.3) is 0 Å². The molecule has 4 heteroatoms. The summed E-state index contributed by atoms with van der Waals surface area (Å²) in [6.07, 6.45) is 8.42. The van der Waals surface area contributed by atoms with Gasteiger partial charge in [0, 0.05) is 6.54 Å². The SMILES string of the molecule is CCCC(N)C(=O)NCC(C)(C)C1CCCCC1.Cl. The van der Waals surface area contributed by atoms with E-state index in [0.29, 0.717) is 0 Å². The quantitative estimate of drug-likeness (QED) is 0.789. The second-order valence-electron chi connectivity index (χ2n) is 6.44. The average Bonchev–Trinajstić information content (AvgIpc) is 2.37. The zero-order valence-corrected chi connectivity index (χ0v) is 13.5. The van der Waals surface area contributed by atoms with Gasteiger partial charge in [-0.05, 0) is 30.6 Å². The summed E-state index contributed by atoms with van der Waals surface area (Å²) in [4.78, 5) is 11.8. The van der Waals surface area contributed by atoms with Crippen LogP contribution in [0.3, 0.4) is 0 Å². The van der Waals surface area contributed by atoms with Crippen LogP contribution in [-0.4, -0.2) is 18.5 Å². The Morgan fingerprint density at radius 2 is 1.89 bits per heavy atom. The fraction of sp³-hybridized carbons (Fsp3) is 0.933. The van der Waals surface area contributed by atoms with E-state index in [1.807, 2.05) is 0 Å². The maximum Gasteiger partial charge on any atom is 0.236 e. The number of nitrogens with two attached hydrogens (primary N) is 1. The molecular formula is C15H31ClN2O. The van der Waals surface area contributed by atoms with Crippen LogP contribution in [-0.2, 0) is 4.79 Å². The van der Waals surface area contributed by atoms with Gasteiger partial charge in [-0.15, -0.1) is 12.4 Å². The Morgan fingerprint density at radius 1 is 1.32 bits per heavy atom. The van der Waals surface area contributed by atoms with Crippen molar-refractivity contribution >= 4 is 18.3 Å². The number of nitrogens with one attached hydrogen (secondary N) is 1. The number of carbonyl (C=O) groups excluding carboxylic acids is 1. The zero-order valence-electron chi connectivity index (χ0n) is 12.7. The largest absolute Gasteiger partial charge is 0.354 e. The molecule has 0 saturated heterocycles. The van der Waals surface area contributed by atoms with Crippen LogP contribution in [0.2, 0.25) is 0 Å². The molecule has 0 aliphatic heterocycles. The van der Waals surface area contributed by atoms with Crippen LogP contribution in [0.1, 0.15) is 65.7 Å². The molecule has 0 aromatic rings. The lowest BCUT2D eigenvalue weighted by molar-refractivity contribution is -0.123. The van der Waals surface area contributed by atoms with Gasteiger partial charge < -0.3 is 11.1 Å². The van der Waals surface area contributed by atoms with Gasteiger partial charge in [-0.25, -0.2) is 0 Å². The Morgan fingerprint density at radius 3 is 2.42 bits per heavy atom. The number of carbonyl (C=O) groups is 1. The zero-order chi connectivity index (χ0) is 13.6. The third-order valence-electron chi connectivity index (χ3n) is 4.37. The van der Waals surface area contributed by atoms with Gasteiger partial charge in [0.2, 0.25) is 5.91 Å². The highest BCUT2D eigenvalue weighted by molar-refractivity contribution is 5.85. The van der Waals surface area contributed by atoms with Gasteiger partial charge in [0.15, 0.2) is 0 Å². The highest BCUT2D eigenvalue weighted by Crippen LogP contribution is 2.37. The van der Waals surface area contributed by atoms with Crippen molar-refractivity contribution in [3.63, 3.8) is 0 Å². The molecule has 0 spiro atoms. The van der Waals surface area contributed by atoms with Crippen LogP contribution in [0, 0.1) is 11.3 Å². The van der Waals surface area contributed by atoms with E-state index in [2.05, 4.69) is 26.1 Å². The van der Waals surface area contributed by atoms with Crippen molar-refractivity contribution in [3.8, 4) is 0 Å². The normalized spacial score (nSPS) is 18.5. The molecule has 3 N–H and O–H groups in total. The second-order valence-corrected chi connectivity index (χ2v) is 6.44. The van der Waals surface area contributed by atoms with E-state index >= 15 is 0 Å². The van der Waals surface area contributed by atoms with E-state index in [9.17, 15) is 4.79 Å². The van der Waals surface area contributed by atoms with Crippen LogP contribution >= 0.6 is 12.4 Å². The molecule has 1 atom stereocenters. The van der Waals surface area contributed by atoms with Crippen molar-refractivity contribution in [1.29, 1.82) is 0 Å². The molecule has 3 nitrogen and oxygen atoms in total. The molecule has 0 radical (unpaired) electrons. The molecule has 1 amide bonds. The first-order valence-corrected chi connectivity index (χ1v) is 7.50. The van der Waals surface area contributed by atoms with E-state index in [-0.39, 0.29) is 29.8 Å². The van der Waals surface area contributed by atoms with Crippen molar-refractivity contribution in [1.82, 2.24) is 5.32 Å². The molecule has 1 rings (SSSR count). The lowest BCUT2D eigenvalue weighted by Crippen LogP contribution is -2.46. The molecule has 1 unspecified atom stereocenters. The van der Waals surface area contributed by atoms with Gasteiger partial charge in [-0.1, -0.05) is 46.5 Å². The molecule has 0 heterocycles. The number of hydrogen-bond donors (Lipinski definition) is 2. The first-order chi connectivity index (χ1) is 8.47. The van der Waals surface area contributed by atoms with Crippen LogP contribution < -0.4 is 11.1 Å². The summed E-state index contributed by atoms with van der Waals surface area (Å²) in [5.74, 6) is 0.759. The molecule has 1 aliphatic carbocycles. The van der Waals surface area contributed by atoms with E-state index in [4.69, 9.17) is 5.73 Å². The topological polar surface area (TPSA) is 55.1 Å². The van der Waals surface area contributed by atoms with Crippen molar-refractivity contribution < 1.29 is 4.79 Å². The number of hydrogen-bond acceptors (Lipinski definition) is 2. The molecule has 19 heavy (non-hydrogen) atoms. The highest BCUT2D eigenvalue weighted by Gasteiger charge is 2.31. The minimum absolute atomic E-state index is 0. The van der Waals surface area contributed by atoms with E-state index in [1.165, 1.54) is 32.1 Å². The highest BCUT2D eigenvalue weighted by atomic mass is 35.5. The standard InChI is InChI=1S/C15H30N2O.ClH/c1-4-8-13(16)14(18)17-11-15(2,3)12-9-6-5-7-10-12;/h12-13H,4-11,16H2,1-3H3,(H,17,18);1H. The Hall–Kier alpha value is -0.280. The van der Waals surface area contributed by atoms with Crippen LogP contribution in [0.15, 0.2) is 0 Å². The third kappa shape index (κ3) is 6.13. The number of amides is 1. The smallest absolute Gasteiger partial charge is 0.236 e. The monoisotopic (exact) mass is 290 g/mol. The molecule has 0 bridgehead atoms. The van der Waals surface area contributed by atoms with E-state index < -0.39 is 0 Å². The summed E-state index contributed by atoms with van der Waals surface area (Å²) in [7, 11) is 0. The maximum atomic E-state index is 11.8. The van der Waals surface area contributed by atoms with Crippen LogP contribution in [0.4, 0.5) is 0 Å². The summed E-state index contributed by atoms with van der Waals surface area (Å²) in [5, 5.41) is 3.04. The van der Waals surface area contributed by atoms with Crippen molar-refractivity contribution in [2.75, 3.05) is 6.54 Å². The molecule has 0 aromatic heterocycles. The Bertz CT molecular complexity index is 263. The number of halogens is 1. The van der Waals surface area contributed by atoms with Gasteiger partial charge >= 0.3 is 0 Å². The van der Waals surface area contributed by atoms with Crippen molar-refractivity contribution in [2.45, 2.75) is 71.8 Å². The molecule has 1 saturated carbocycles. The minimum atomic E-state index is -0.336. The molecule has 0 aromatic carbocycles. The van der Waals surface area contributed by atoms with Crippen molar-refractivity contribution in [2.24, 2.45) is 17.1 Å². The summed E-state index contributed by atoms with van der Waals surface area (Å²) in [5.41, 5.74) is 6.02. The molecule has 1 fully saturated rings. The first-order valence-electron chi connectivity index (χ1n) is 7.50. The van der Waals surface area contributed by atoms with Crippen molar-refractivity contribution in [3.05, 3.63) is 0 Å². The lowest BCUT2D eigenvalue weighted by Gasteiger charge is -2.37. The molecule has 114 valence electrons. The summed E-state index contributed by atoms with van der Waals surface area (Å²) >= 11 is 0. The first kappa shape index (κ1) is 18.7. The summed E-state index contributed by atoms with van der Waals surface area (Å²) in [6.45, 7) is 7.36. The second kappa shape index (κ2) is 8.80. The summed E-state index contributed by atoms with van der Waals surface area (Å²) in [6, 6.07) is -0.336. The Labute approximate surface area is 124 Å². The predicted octanol–water partition coefficient (Wildman–Crippen LogP) is 3.26. The number of rotatable bonds is 6. The summed E-state index contributed by atoms with van der Waals surface area (Å²) < 4.78 is 0. The average molecular weight is 291 g/mol. The minimum Gasteiger partial charge on any atom is -0.354 e. The predicted molar refractivity (Wildman–Crippen MR) is 83.5 cm³/mol. The van der Waals surface area contributed by atoms with E-state index in [0.717, 1.165) is 25.3 Å². The van der Waals surface area contributed by atoms with Crippen LogP contribution in [0.5, 0.6) is 0 Å². The third-order valence-corrected chi connectivity index (χ3v) is 4.37. The van der Waals surface area contributed by atoms with Crippen LogP contribution in [0.25, 0.3) is 0 Å². The van der Waals surface area contributed by atoms with Gasteiger partial charge in [0.1, 0.15) is 0 Å². The van der Waals surface area contributed by atoms with Gasteiger partial charge in [-0.3, -0.25) is 4.79 Å². The Kier molecular flexibility index (Phi) is 8.67. The molecule has 1 aliphatic rings. The maximum absolute atomic E-state index is 11.8. The molecular weight excluding hydrogens is 260 g/mol. The Balaban J connectivity index is 0.00000324. The fourth-order valence-electron chi connectivity index (χ4n) is 2.92. The fourth-order valence-corrected chi connectivity index (χ4v) is 2.92. The van der Waals surface area contributed by atoms with Gasteiger partial charge in [0.05, 0.1) is 6.04 Å². The van der Waals surface area contributed by atoms with Gasteiger partial charge in [-0.2, -0.15) is 0 Å². The lowest BCUT2D eigenvalue weighted by atomic mass is 9.71.